The van der Waals surface area contributed by atoms with E-state index < -0.39 is 0 Å². The molecule has 78 valence electrons. The van der Waals surface area contributed by atoms with Gasteiger partial charge in [-0.3, -0.25) is 0 Å². The normalized spacial score (nSPS) is 11.0. The Bertz CT molecular complexity index is 686. The number of nitrogen functional groups attached to an aromatic ring is 2. The van der Waals surface area contributed by atoms with Gasteiger partial charge in [-0.2, -0.15) is 0 Å². The van der Waals surface area contributed by atoms with Crippen LogP contribution < -0.4 is 11.5 Å². The summed E-state index contributed by atoms with van der Waals surface area (Å²) in [5.41, 5.74) is 13.3. The molecule has 3 rings (SSSR count). The predicted octanol–water partition coefficient (Wildman–Crippen LogP) is 3.16. The van der Waals surface area contributed by atoms with Gasteiger partial charge in [-0.15, -0.1) is 0 Å². The Kier molecular flexibility index (Phi) is 1.77. The van der Waals surface area contributed by atoms with Crippen LogP contribution in [0, 0.1) is 0 Å². The third kappa shape index (κ3) is 1.27. The number of hydrogen-bond donors (Lipinski definition) is 2. The maximum atomic E-state index is 5.95. The van der Waals surface area contributed by atoms with Crippen molar-refractivity contribution in [3.63, 3.8) is 0 Å². The van der Waals surface area contributed by atoms with Gasteiger partial charge in [-0.1, -0.05) is 18.2 Å². The highest BCUT2D eigenvalue weighted by Crippen LogP contribution is 2.27. The number of anilines is 2. The van der Waals surface area contributed by atoms with Crippen LogP contribution in [0.25, 0.3) is 21.5 Å². The van der Waals surface area contributed by atoms with Crippen LogP contribution in [0.5, 0.6) is 0 Å². The summed E-state index contributed by atoms with van der Waals surface area (Å²) < 4.78 is 0. The van der Waals surface area contributed by atoms with Gasteiger partial charge in [-0.05, 0) is 46.5 Å². The molecule has 0 heterocycles. The van der Waals surface area contributed by atoms with E-state index in [0.29, 0.717) is 0 Å². The number of rotatable bonds is 0. The lowest BCUT2D eigenvalue weighted by Gasteiger charge is -2.05. The SMILES string of the molecule is Nc1ccc2cc3c(N)cccc3cc2c1. The molecule has 0 fully saturated rings. The second-order valence-electron chi connectivity index (χ2n) is 4.03. The van der Waals surface area contributed by atoms with Gasteiger partial charge in [0.25, 0.3) is 0 Å². The molecule has 2 heteroatoms. The molecule has 0 unspecified atom stereocenters. The number of fused-ring (bicyclic) bond motifs is 2. The maximum absolute atomic E-state index is 5.95. The zero-order valence-corrected chi connectivity index (χ0v) is 8.77. The van der Waals surface area contributed by atoms with Crippen LogP contribution in [-0.2, 0) is 0 Å². The van der Waals surface area contributed by atoms with Crippen molar-refractivity contribution in [3.05, 3.63) is 48.5 Å². The monoisotopic (exact) mass is 208 g/mol. The van der Waals surface area contributed by atoms with Crippen molar-refractivity contribution in [3.8, 4) is 0 Å². The first-order chi connectivity index (χ1) is 7.74. The lowest BCUT2D eigenvalue weighted by molar-refractivity contribution is 1.73. The van der Waals surface area contributed by atoms with Gasteiger partial charge in [0.15, 0.2) is 0 Å². The van der Waals surface area contributed by atoms with Crippen LogP contribution in [0.15, 0.2) is 48.5 Å². The minimum absolute atomic E-state index is 0.788. The van der Waals surface area contributed by atoms with E-state index in [2.05, 4.69) is 18.2 Å². The molecule has 0 amide bonds. The quantitative estimate of drug-likeness (QED) is 0.440. The lowest BCUT2D eigenvalue weighted by Crippen LogP contribution is -1.87. The Hall–Kier alpha value is -2.22. The number of nitrogens with two attached hydrogens (primary N) is 2. The van der Waals surface area contributed by atoms with Crippen molar-refractivity contribution >= 4 is 32.9 Å². The average molecular weight is 208 g/mol. The van der Waals surface area contributed by atoms with Gasteiger partial charge in [0.2, 0.25) is 0 Å². The average Bonchev–Trinajstić information content (AvgIpc) is 2.27. The summed E-state index contributed by atoms with van der Waals surface area (Å²) in [7, 11) is 0. The molecular weight excluding hydrogens is 196 g/mol. The molecule has 0 aliphatic rings. The van der Waals surface area contributed by atoms with Crippen molar-refractivity contribution in [1.82, 2.24) is 0 Å². The van der Waals surface area contributed by atoms with Crippen LogP contribution in [0.4, 0.5) is 11.4 Å². The summed E-state index contributed by atoms with van der Waals surface area (Å²) in [5, 5.41) is 4.57. The molecule has 3 aromatic rings. The Morgan fingerprint density at radius 3 is 2.44 bits per heavy atom. The molecule has 0 bridgehead atoms. The zero-order chi connectivity index (χ0) is 11.1. The molecule has 0 saturated carbocycles. The van der Waals surface area contributed by atoms with Crippen molar-refractivity contribution in [2.24, 2.45) is 0 Å². The largest absolute Gasteiger partial charge is 0.399 e. The van der Waals surface area contributed by atoms with Gasteiger partial charge in [-0.25, -0.2) is 0 Å². The molecule has 0 radical (unpaired) electrons. The second kappa shape index (κ2) is 3.14. The highest BCUT2D eigenvalue weighted by atomic mass is 14.6. The molecule has 0 aliphatic carbocycles. The van der Waals surface area contributed by atoms with E-state index in [1.54, 1.807) is 0 Å². The van der Waals surface area contributed by atoms with Crippen molar-refractivity contribution < 1.29 is 0 Å². The topological polar surface area (TPSA) is 52.0 Å². The van der Waals surface area contributed by atoms with E-state index in [1.807, 2.05) is 30.3 Å². The fourth-order valence-electron chi connectivity index (χ4n) is 2.07. The van der Waals surface area contributed by atoms with Crippen LogP contribution in [0.2, 0.25) is 0 Å². The smallest absolute Gasteiger partial charge is 0.0393 e. The second-order valence-corrected chi connectivity index (χ2v) is 4.03. The van der Waals surface area contributed by atoms with Crippen LogP contribution >= 0.6 is 0 Å². The van der Waals surface area contributed by atoms with Gasteiger partial charge >= 0.3 is 0 Å². The molecular formula is C14H12N2. The van der Waals surface area contributed by atoms with E-state index in [1.165, 1.54) is 5.39 Å². The van der Waals surface area contributed by atoms with Crippen LogP contribution in [0.1, 0.15) is 0 Å². The first-order valence-electron chi connectivity index (χ1n) is 5.21. The molecule has 2 nitrogen and oxygen atoms in total. The Balaban J connectivity index is 2.49. The van der Waals surface area contributed by atoms with E-state index >= 15 is 0 Å². The van der Waals surface area contributed by atoms with Crippen molar-refractivity contribution in [2.45, 2.75) is 0 Å². The van der Waals surface area contributed by atoms with E-state index in [4.69, 9.17) is 11.5 Å². The Morgan fingerprint density at radius 1 is 0.688 bits per heavy atom. The number of benzene rings is 3. The van der Waals surface area contributed by atoms with E-state index in [0.717, 1.165) is 27.5 Å². The molecule has 4 N–H and O–H groups in total. The third-order valence-electron chi connectivity index (χ3n) is 2.90. The highest BCUT2D eigenvalue weighted by molar-refractivity contribution is 6.03. The summed E-state index contributed by atoms with van der Waals surface area (Å²) in [6.45, 7) is 0. The summed E-state index contributed by atoms with van der Waals surface area (Å²) in [4.78, 5) is 0. The predicted molar refractivity (Wildman–Crippen MR) is 70.3 cm³/mol. The van der Waals surface area contributed by atoms with E-state index in [9.17, 15) is 0 Å². The summed E-state index contributed by atoms with van der Waals surface area (Å²) >= 11 is 0. The van der Waals surface area contributed by atoms with Gasteiger partial charge in [0.05, 0.1) is 0 Å². The molecule has 0 aromatic heterocycles. The Labute approximate surface area is 93.5 Å². The summed E-state index contributed by atoms with van der Waals surface area (Å²) in [6.07, 6.45) is 0. The maximum Gasteiger partial charge on any atom is 0.0393 e. The Morgan fingerprint density at radius 2 is 1.56 bits per heavy atom. The molecule has 0 saturated heterocycles. The summed E-state index contributed by atoms with van der Waals surface area (Å²) in [5.74, 6) is 0. The zero-order valence-electron chi connectivity index (χ0n) is 8.77. The van der Waals surface area contributed by atoms with Gasteiger partial charge in [0, 0.05) is 16.8 Å². The van der Waals surface area contributed by atoms with Crippen LogP contribution in [-0.4, -0.2) is 0 Å². The van der Waals surface area contributed by atoms with Crippen molar-refractivity contribution in [1.29, 1.82) is 0 Å². The van der Waals surface area contributed by atoms with Crippen LogP contribution in [0.3, 0.4) is 0 Å². The molecule has 3 aromatic carbocycles. The minimum Gasteiger partial charge on any atom is -0.399 e. The molecule has 0 atom stereocenters. The summed E-state index contributed by atoms with van der Waals surface area (Å²) in [6, 6.07) is 16.1. The fraction of sp³-hybridized carbons (Fsp3) is 0. The molecule has 0 spiro atoms. The first kappa shape index (κ1) is 9.04. The van der Waals surface area contributed by atoms with E-state index in [-0.39, 0.29) is 0 Å². The lowest BCUT2D eigenvalue weighted by atomic mass is 10.0. The third-order valence-corrected chi connectivity index (χ3v) is 2.90. The first-order valence-corrected chi connectivity index (χ1v) is 5.21. The highest BCUT2D eigenvalue weighted by Gasteiger charge is 2.00. The minimum atomic E-state index is 0.788. The fourth-order valence-corrected chi connectivity index (χ4v) is 2.07. The number of hydrogen-bond acceptors (Lipinski definition) is 2. The molecule has 0 aliphatic heterocycles. The van der Waals surface area contributed by atoms with Gasteiger partial charge in [0.1, 0.15) is 0 Å². The molecule has 16 heavy (non-hydrogen) atoms. The standard InChI is InChI=1S/C14H12N2/c15-12-5-4-9-8-13-10(6-11(9)7-12)2-1-3-14(13)16/h1-8H,15-16H2. The van der Waals surface area contributed by atoms with Crippen molar-refractivity contribution in [2.75, 3.05) is 11.5 Å². The van der Waals surface area contributed by atoms with Gasteiger partial charge < -0.3 is 11.5 Å².